The van der Waals surface area contributed by atoms with Crippen molar-refractivity contribution in [1.82, 2.24) is 4.90 Å². The molecule has 104 valence electrons. The molecular formula is C12H23N3O3. The number of aliphatic hydroxyl groups is 1. The largest absolute Gasteiger partial charge is 0.391 e. The summed E-state index contributed by atoms with van der Waals surface area (Å²) in [6.07, 6.45) is 0.219. The standard InChI is InChI=1S/C12H23N3O3/c1-7(2)3-8(5-13)12(18)15-6-9(16)4-10(15)11(14)17/h7-10,16H,3-6,13H2,1-2H3,(H2,14,17). The second-order valence-electron chi connectivity index (χ2n) is 5.36. The molecule has 1 fully saturated rings. The maximum Gasteiger partial charge on any atom is 0.240 e. The number of hydrogen-bond acceptors (Lipinski definition) is 4. The summed E-state index contributed by atoms with van der Waals surface area (Å²) < 4.78 is 0. The Morgan fingerprint density at radius 2 is 2.06 bits per heavy atom. The van der Waals surface area contributed by atoms with Gasteiger partial charge >= 0.3 is 0 Å². The molecule has 1 saturated heterocycles. The highest BCUT2D eigenvalue weighted by molar-refractivity contribution is 5.88. The molecule has 3 unspecified atom stereocenters. The van der Waals surface area contributed by atoms with Crippen LogP contribution in [-0.4, -0.2) is 47.1 Å². The average molecular weight is 257 g/mol. The van der Waals surface area contributed by atoms with E-state index in [-0.39, 0.29) is 31.3 Å². The lowest BCUT2D eigenvalue weighted by Crippen LogP contribution is -2.47. The van der Waals surface area contributed by atoms with Crippen LogP contribution in [0.15, 0.2) is 0 Å². The maximum atomic E-state index is 12.3. The highest BCUT2D eigenvalue weighted by Gasteiger charge is 2.39. The smallest absolute Gasteiger partial charge is 0.240 e. The molecule has 0 spiro atoms. The molecule has 1 aliphatic rings. The van der Waals surface area contributed by atoms with E-state index in [1.54, 1.807) is 0 Å². The third-order valence-corrected chi connectivity index (χ3v) is 3.28. The molecule has 6 heteroatoms. The summed E-state index contributed by atoms with van der Waals surface area (Å²) in [4.78, 5) is 25.0. The zero-order valence-corrected chi connectivity index (χ0v) is 11.0. The van der Waals surface area contributed by atoms with E-state index in [1.807, 2.05) is 13.8 Å². The van der Waals surface area contributed by atoms with Crippen molar-refractivity contribution in [3.8, 4) is 0 Å². The Hall–Kier alpha value is -1.14. The van der Waals surface area contributed by atoms with Gasteiger partial charge in [0.2, 0.25) is 11.8 Å². The van der Waals surface area contributed by atoms with Gasteiger partial charge in [0.05, 0.1) is 12.0 Å². The molecule has 0 aromatic carbocycles. The van der Waals surface area contributed by atoms with Gasteiger partial charge in [-0.3, -0.25) is 9.59 Å². The number of hydrogen-bond donors (Lipinski definition) is 3. The van der Waals surface area contributed by atoms with Crippen LogP contribution in [0.3, 0.4) is 0 Å². The number of nitrogens with two attached hydrogens (primary N) is 2. The van der Waals surface area contributed by atoms with E-state index in [0.29, 0.717) is 12.3 Å². The van der Waals surface area contributed by atoms with E-state index in [1.165, 1.54) is 4.90 Å². The molecule has 1 aliphatic heterocycles. The zero-order valence-electron chi connectivity index (χ0n) is 11.0. The van der Waals surface area contributed by atoms with Gasteiger partial charge in [-0.15, -0.1) is 0 Å². The summed E-state index contributed by atoms with van der Waals surface area (Å²) in [5.41, 5.74) is 10.9. The molecule has 0 aromatic heterocycles. The van der Waals surface area contributed by atoms with Crippen molar-refractivity contribution in [3.05, 3.63) is 0 Å². The molecule has 1 rings (SSSR count). The summed E-state index contributed by atoms with van der Waals surface area (Å²) in [7, 11) is 0. The SMILES string of the molecule is CC(C)CC(CN)C(=O)N1CC(O)CC1C(N)=O. The van der Waals surface area contributed by atoms with Gasteiger partial charge in [0.15, 0.2) is 0 Å². The van der Waals surface area contributed by atoms with Crippen LogP contribution in [0.4, 0.5) is 0 Å². The molecule has 0 aliphatic carbocycles. The zero-order chi connectivity index (χ0) is 13.9. The van der Waals surface area contributed by atoms with Crippen LogP contribution in [0.2, 0.25) is 0 Å². The van der Waals surface area contributed by atoms with Gasteiger partial charge < -0.3 is 21.5 Å². The molecule has 0 bridgehead atoms. The first-order valence-corrected chi connectivity index (χ1v) is 6.34. The van der Waals surface area contributed by atoms with Gasteiger partial charge in [0.1, 0.15) is 6.04 Å². The minimum absolute atomic E-state index is 0.168. The molecule has 0 radical (unpaired) electrons. The lowest BCUT2D eigenvalue weighted by molar-refractivity contribution is -0.141. The van der Waals surface area contributed by atoms with Crippen molar-refractivity contribution in [1.29, 1.82) is 0 Å². The maximum absolute atomic E-state index is 12.3. The molecule has 2 amide bonds. The molecular weight excluding hydrogens is 234 g/mol. The fourth-order valence-electron chi connectivity index (χ4n) is 2.43. The molecule has 6 nitrogen and oxygen atoms in total. The van der Waals surface area contributed by atoms with Crippen molar-refractivity contribution >= 4 is 11.8 Å². The van der Waals surface area contributed by atoms with Gasteiger partial charge in [-0.05, 0) is 12.3 Å². The van der Waals surface area contributed by atoms with Crippen LogP contribution in [0.25, 0.3) is 0 Å². The molecule has 0 saturated carbocycles. The van der Waals surface area contributed by atoms with Crippen molar-refractivity contribution < 1.29 is 14.7 Å². The van der Waals surface area contributed by atoms with E-state index in [2.05, 4.69) is 0 Å². The van der Waals surface area contributed by atoms with Crippen LogP contribution in [0.5, 0.6) is 0 Å². The van der Waals surface area contributed by atoms with Gasteiger partial charge in [-0.25, -0.2) is 0 Å². The number of aliphatic hydroxyl groups excluding tert-OH is 1. The van der Waals surface area contributed by atoms with Crippen molar-refractivity contribution in [3.63, 3.8) is 0 Å². The number of carbonyl (C=O) groups is 2. The quantitative estimate of drug-likeness (QED) is 0.590. The van der Waals surface area contributed by atoms with Crippen LogP contribution in [0, 0.1) is 11.8 Å². The Balaban J connectivity index is 2.77. The van der Waals surface area contributed by atoms with Crippen molar-refractivity contribution in [2.45, 2.75) is 38.8 Å². The van der Waals surface area contributed by atoms with E-state index >= 15 is 0 Å². The van der Waals surface area contributed by atoms with E-state index in [4.69, 9.17) is 11.5 Å². The molecule has 5 N–H and O–H groups in total. The Morgan fingerprint density at radius 1 is 1.44 bits per heavy atom. The summed E-state index contributed by atoms with van der Waals surface area (Å²) in [5.74, 6) is -0.703. The summed E-state index contributed by atoms with van der Waals surface area (Å²) in [6, 6.07) is -0.700. The number of primary amides is 1. The predicted molar refractivity (Wildman–Crippen MR) is 67.3 cm³/mol. The fourth-order valence-corrected chi connectivity index (χ4v) is 2.43. The lowest BCUT2D eigenvalue weighted by atomic mass is 9.95. The first kappa shape index (κ1) is 14.9. The molecule has 3 atom stereocenters. The topological polar surface area (TPSA) is 110 Å². The summed E-state index contributed by atoms with van der Waals surface area (Å²) in [5, 5.41) is 9.57. The third-order valence-electron chi connectivity index (χ3n) is 3.28. The van der Waals surface area contributed by atoms with Gasteiger partial charge in [-0.2, -0.15) is 0 Å². The molecule has 1 heterocycles. The predicted octanol–water partition coefficient (Wildman–Crippen LogP) is -0.945. The van der Waals surface area contributed by atoms with E-state index in [9.17, 15) is 14.7 Å². The summed E-state index contributed by atoms with van der Waals surface area (Å²) >= 11 is 0. The van der Waals surface area contributed by atoms with Crippen molar-refractivity contribution in [2.24, 2.45) is 23.3 Å². The van der Waals surface area contributed by atoms with Gasteiger partial charge in [0, 0.05) is 19.5 Å². The Morgan fingerprint density at radius 3 is 2.50 bits per heavy atom. The first-order chi connectivity index (χ1) is 8.36. The second-order valence-corrected chi connectivity index (χ2v) is 5.36. The van der Waals surface area contributed by atoms with Crippen LogP contribution in [0.1, 0.15) is 26.7 Å². The fraction of sp³-hybridized carbons (Fsp3) is 0.833. The summed E-state index contributed by atoms with van der Waals surface area (Å²) in [6.45, 7) is 4.44. The Bertz CT molecular complexity index is 320. The average Bonchev–Trinajstić information content (AvgIpc) is 2.67. The number of β-amino-alcohol motifs (C(OH)–C–C–N with tert-alkyl or cyclic N) is 1. The van der Waals surface area contributed by atoms with Crippen LogP contribution >= 0.6 is 0 Å². The second kappa shape index (κ2) is 6.15. The Kier molecular flexibility index (Phi) is 5.10. The third kappa shape index (κ3) is 3.43. The monoisotopic (exact) mass is 257 g/mol. The number of amides is 2. The Labute approximate surface area is 107 Å². The van der Waals surface area contributed by atoms with Gasteiger partial charge in [-0.1, -0.05) is 13.8 Å². The normalized spacial score (nSPS) is 25.5. The number of likely N-dealkylation sites (tertiary alicyclic amines) is 1. The highest BCUT2D eigenvalue weighted by Crippen LogP contribution is 2.22. The highest BCUT2D eigenvalue weighted by atomic mass is 16.3. The molecule has 0 aromatic rings. The number of nitrogens with zero attached hydrogens (tertiary/aromatic N) is 1. The first-order valence-electron chi connectivity index (χ1n) is 6.34. The lowest BCUT2D eigenvalue weighted by Gasteiger charge is -2.27. The molecule has 18 heavy (non-hydrogen) atoms. The minimum atomic E-state index is -0.700. The number of carbonyl (C=O) groups excluding carboxylic acids is 2. The van der Waals surface area contributed by atoms with Crippen molar-refractivity contribution in [2.75, 3.05) is 13.1 Å². The minimum Gasteiger partial charge on any atom is -0.391 e. The van der Waals surface area contributed by atoms with Crippen LogP contribution in [-0.2, 0) is 9.59 Å². The number of rotatable bonds is 5. The van der Waals surface area contributed by atoms with E-state index in [0.717, 1.165) is 0 Å². The van der Waals surface area contributed by atoms with Crippen LogP contribution < -0.4 is 11.5 Å². The van der Waals surface area contributed by atoms with Gasteiger partial charge in [0.25, 0.3) is 0 Å². The van der Waals surface area contributed by atoms with E-state index < -0.39 is 18.1 Å².